The Labute approximate surface area is 841 Å². The van der Waals surface area contributed by atoms with Crippen molar-refractivity contribution in [1.82, 2.24) is 88.8 Å². The number of nitrogens with zero attached hydrogens (tertiary/aromatic N) is 22. The van der Waals surface area contributed by atoms with Crippen molar-refractivity contribution in [3.63, 3.8) is 0 Å². The first-order valence-electron chi connectivity index (χ1n) is 47.4. The third-order valence-corrected chi connectivity index (χ3v) is 25.4. The molecule has 0 saturated carbocycles. The van der Waals surface area contributed by atoms with E-state index in [0.29, 0.717) is 109 Å². The maximum atomic E-state index is 12.7. The fourth-order valence-electron chi connectivity index (χ4n) is 16.8. The number of likely N-dealkylation sites (tertiary alicyclic amines) is 2. The number of aryl methyl sites for hydroxylation is 4. The molecule has 0 spiro atoms. The largest absolute Gasteiger partial charge is 0.497 e. The highest BCUT2D eigenvalue weighted by Crippen LogP contribution is 2.42. The van der Waals surface area contributed by atoms with Crippen molar-refractivity contribution in [2.24, 2.45) is 38.3 Å². The highest BCUT2D eigenvalue weighted by molar-refractivity contribution is 7.90. The van der Waals surface area contributed by atoms with Crippen molar-refractivity contribution in [2.75, 3.05) is 167 Å². The van der Waals surface area contributed by atoms with E-state index in [-0.39, 0.29) is 38.1 Å². The van der Waals surface area contributed by atoms with E-state index in [2.05, 4.69) is 72.1 Å². The number of nitrogens with two attached hydrogens (primary N) is 3. The van der Waals surface area contributed by atoms with Crippen LogP contribution in [0.1, 0.15) is 46.5 Å². The third-order valence-electron chi connectivity index (χ3n) is 24.5. The lowest BCUT2D eigenvalue weighted by atomic mass is 9.90. The van der Waals surface area contributed by atoms with Crippen LogP contribution in [-0.2, 0) is 42.3 Å². The normalized spacial score (nSPS) is 13.2. The summed E-state index contributed by atoms with van der Waals surface area (Å²) in [5.41, 5.74) is 36.1. The minimum absolute atomic E-state index is 0.0207. The van der Waals surface area contributed by atoms with Gasteiger partial charge < -0.3 is 99.4 Å². The Morgan fingerprint density at radius 1 is 0.428 bits per heavy atom. The van der Waals surface area contributed by atoms with Gasteiger partial charge in [0.15, 0.2) is 0 Å². The molecule has 0 radical (unpaired) electrons. The van der Waals surface area contributed by atoms with Gasteiger partial charge in [0.2, 0.25) is 0 Å². The number of methoxy groups -OCH3 is 7. The Kier molecular flexibility index (Phi) is 33.8. The lowest BCUT2D eigenvalue weighted by molar-refractivity contribution is -0.0265. The van der Waals surface area contributed by atoms with Crippen molar-refractivity contribution in [3.8, 4) is 91.0 Å². The van der Waals surface area contributed by atoms with Gasteiger partial charge in [-0.05, 0) is 132 Å². The Bertz CT molecular complexity index is 7180. The molecule has 18 rings (SSSR count). The highest BCUT2D eigenvalue weighted by atomic mass is 32.2. The molecule has 1 amide bonds. The molecule has 40 heteroatoms. The van der Waals surface area contributed by atoms with Gasteiger partial charge in [0.1, 0.15) is 68.0 Å². The van der Waals surface area contributed by atoms with Crippen LogP contribution in [-0.4, -0.2) is 278 Å². The van der Waals surface area contributed by atoms with Gasteiger partial charge in [-0.1, -0.05) is 0 Å². The molecule has 0 bridgehead atoms. The average Bonchev–Trinajstić information content (AvgIpc) is 1.79. The molecule has 2 aliphatic rings. The predicted molar refractivity (Wildman–Crippen MR) is 562 cm³/mol. The summed E-state index contributed by atoms with van der Waals surface area (Å²) in [5.74, 6) is 5.38. The lowest BCUT2D eigenvalue weighted by Gasteiger charge is -2.41. The smallest absolute Gasteiger partial charge is 0.410 e. The monoisotopic (exact) mass is 1990 g/mol. The quantitative estimate of drug-likeness (QED) is 0.0250. The summed E-state index contributed by atoms with van der Waals surface area (Å²) >= 11 is 0. The molecule has 2 aliphatic heterocycles. The van der Waals surface area contributed by atoms with E-state index >= 15 is 0 Å². The van der Waals surface area contributed by atoms with Crippen molar-refractivity contribution in [2.45, 2.75) is 70.2 Å². The number of aliphatic hydroxyl groups is 2. The third kappa shape index (κ3) is 27.1. The van der Waals surface area contributed by atoms with Gasteiger partial charge in [-0.15, -0.1) is 0 Å². The second-order valence-corrected chi connectivity index (χ2v) is 38.4. The number of piperidine rings is 2. The number of fused-ring (bicyclic) bond motifs is 4. The second-order valence-electron chi connectivity index (χ2n) is 36.2. The number of aromatic nitrogens is 16. The van der Waals surface area contributed by atoms with E-state index in [4.69, 9.17) is 84.9 Å². The summed E-state index contributed by atoms with van der Waals surface area (Å²) in [6.07, 6.45) is 25.2. The SMILES string of the molecule is COc1cc(OC)cc(N(CC2(O)CCN(C(=O)OC(C)(C)C)CC2)c2ccc3ncc(-c4cnn(C)c4)nc3c2)c1.COc1cc(OC)cc(N(CCN)c2ccc3ncc(-c4cnn(CCS(C)(=O)=O)c4)nc3c2)c1.COc1cc(OC)cc(N(CCN2CCC(N)CC2)c2ccc3ncc(-c4cnn(C)c4)nc3c2)c1.COc1cc(OCCO)cc(N(CCN)c2ccc3ncc(-c4cnn(C)c4)nc3c2)c1. The summed E-state index contributed by atoms with van der Waals surface area (Å²) in [6.45, 7) is 12.8. The summed E-state index contributed by atoms with van der Waals surface area (Å²) in [5, 5.41) is 37.9. The number of sulfone groups is 1. The first-order valence-corrected chi connectivity index (χ1v) is 49.5. The Hall–Kier alpha value is -15.5. The molecular weight excluding hydrogens is 1870 g/mol. The molecule has 8 aromatic carbocycles. The number of hydrogen-bond acceptors (Lipinski definition) is 34. The Morgan fingerprint density at radius 3 is 1.09 bits per heavy atom. The molecule has 145 heavy (non-hydrogen) atoms. The molecule has 10 heterocycles. The van der Waals surface area contributed by atoms with Crippen LogP contribution in [0.3, 0.4) is 0 Å². The van der Waals surface area contributed by atoms with Crippen molar-refractivity contribution < 1.29 is 66.1 Å². The molecule has 0 aliphatic carbocycles. The molecule has 39 nitrogen and oxygen atoms in total. The van der Waals surface area contributed by atoms with Crippen LogP contribution in [0, 0.1) is 0 Å². The number of rotatable bonds is 34. The molecular formula is C105H125N25O14S. The van der Waals surface area contributed by atoms with Crippen molar-refractivity contribution in [1.29, 1.82) is 0 Å². The second kappa shape index (κ2) is 47.2. The average molecular weight is 1990 g/mol. The van der Waals surface area contributed by atoms with Crippen LogP contribution in [0.5, 0.6) is 46.0 Å². The summed E-state index contributed by atoms with van der Waals surface area (Å²) in [7, 11) is 13.9. The minimum atomic E-state index is -3.07. The molecule has 16 aromatic rings. The molecule has 0 atom stereocenters. The van der Waals surface area contributed by atoms with Crippen LogP contribution in [0.15, 0.2) is 220 Å². The fourth-order valence-corrected chi connectivity index (χ4v) is 17.3. The maximum Gasteiger partial charge on any atom is 0.410 e. The van der Waals surface area contributed by atoms with Crippen LogP contribution in [0.25, 0.3) is 89.2 Å². The Balaban J connectivity index is 0.000000146. The fraction of sp³-hybridized carbons (Fsp3) is 0.343. The number of amides is 1. The zero-order valence-electron chi connectivity index (χ0n) is 84.1. The van der Waals surface area contributed by atoms with Crippen molar-refractivity contribution in [3.05, 3.63) is 220 Å². The van der Waals surface area contributed by atoms with Gasteiger partial charge >= 0.3 is 6.09 Å². The van der Waals surface area contributed by atoms with Gasteiger partial charge in [-0.2, -0.15) is 20.4 Å². The topological polar surface area (TPSA) is 447 Å². The van der Waals surface area contributed by atoms with E-state index in [1.165, 1.54) is 6.26 Å². The highest BCUT2D eigenvalue weighted by Gasteiger charge is 2.38. The van der Waals surface area contributed by atoms with Gasteiger partial charge in [0, 0.05) is 251 Å². The van der Waals surface area contributed by atoms with E-state index < -0.39 is 21.0 Å². The first kappa shape index (κ1) is 104. The number of anilines is 8. The predicted octanol–water partition coefficient (Wildman–Crippen LogP) is 13.7. The van der Waals surface area contributed by atoms with E-state index in [0.717, 1.165) is 168 Å². The summed E-state index contributed by atoms with van der Waals surface area (Å²) in [6, 6.07) is 47.0. The molecule has 8 aromatic heterocycles. The molecule has 2 saturated heterocycles. The number of aliphatic hydroxyl groups excluding tert-OH is 1. The molecule has 0 unspecified atom stereocenters. The zero-order valence-corrected chi connectivity index (χ0v) is 84.9. The van der Waals surface area contributed by atoms with Crippen LogP contribution >= 0.6 is 0 Å². The van der Waals surface area contributed by atoms with E-state index in [1.54, 1.807) is 135 Å². The van der Waals surface area contributed by atoms with Crippen LogP contribution in [0.2, 0.25) is 0 Å². The summed E-state index contributed by atoms with van der Waals surface area (Å²) in [4.78, 5) is 63.0. The lowest BCUT2D eigenvalue weighted by Crippen LogP contribution is -2.52. The standard InChI is InChI=1S/C31H38N6O5.C27H33N7O2.C24H28N6O4S.C23H26N6O3/c1-30(2,3)42-29(38)36-11-9-31(39,10-12-36)20-37(23-13-24(40-5)16-25(14-23)41-6)22-7-8-26-27(15-22)34-28(18-32-26)21-17-33-35(4)19-21;1-32-18-19(16-30-32)27-17-29-25-5-4-21(14-26(25)31-27)34(11-10-33-8-6-20(28)7-9-33)22-12-23(35-2)15-24(13-22)36-3;1-33-20-10-19(11-21(13-20)34-2)30(7-6-25)18-4-5-22-23(12-18)28-24(15-26-22)17-14-27-29(16-17)8-9-35(3,31)32;1-28-15-16(13-26-28)23-14-25-21-4-3-17(11-22(21)27-23)29(6-5-24)18-9-19(31-2)12-20(10-18)32-8-7-30/h7-8,13-19,39H,9-12,20H2,1-6H3;4-5,12-18,20H,6-11,28H2,1-3H3;4-5,10-16H,6-9,25H2,1-3H3;3-4,9-15,30H,5-8,24H2,1-2H3. The zero-order chi connectivity index (χ0) is 103. The minimum Gasteiger partial charge on any atom is -0.497 e. The molecule has 2 fully saturated rings. The number of carbonyl (C=O) groups is 1. The van der Waals surface area contributed by atoms with Gasteiger partial charge in [-0.3, -0.25) is 38.7 Å². The van der Waals surface area contributed by atoms with Gasteiger partial charge in [-0.25, -0.2) is 33.1 Å². The number of benzene rings is 8. The van der Waals surface area contributed by atoms with E-state index in [1.807, 2.05) is 193 Å². The molecule has 760 valence electrons. The van der Waals surface area contributed by atoms with Gasteiger partial charge in [0.25, 0.3) is 0 Å². The van der Waals surface area contributed by atoms with Crippen molar-refractivity contribution >= 4 is 106 Å². The summed E-state index contributed by atoms with van der Waals surface area (Å²) < 4.78 is 79.4. The van der Waals surface area contributed by atoms with Crippen LogP contribution < -0.4 is 74.7 Å². The maximum absolute atomic E-state index is 12.7. The first-order chi connectivity index (χ1) is 69.9. The number of carbonyl (C=O) groups excluding carboxylic acids is 1. The van der Waals surface area contributed by atoms with E-state index in [9.17, 15) is 18.3 Å². The number of hydrogen-bond donors (Lipinski definition) is 5. The van der Waals surface area contributed by atoms with Gasteiger partial charge in [0.05, 0.1) is 197 Å². The molecule has 8 N–H and O–H groups in total. The number of ether oxygens (including phenoxy) is 9. The Morgan fingerprint density at radius 2 is 0.759 bits per heavy atom. The van der Waals surface area contributed by atoms with Crippen LogP contribution in [0.4, 0.5) is 50.3 Å².